The highest BCUT2D eigenvalue weighted by Crippen LogP contribution is 2.16. The van der Waals surface area contributed by atoms with Gasteiger partial charge in [0.15, 0.2) is 6.61 Å². The molecule has 1 aromatic carbocycles. The number of benzene rings is 1. The van der Waals surface area contributed by atoms with Crippen LogP contribution in [0.5, 0.6) is 5.75 Å². The first-order chi connectivity index (χ1) is 8.67. The van der Waals surface area contributed by atoms with Crippen LogP contribution < -0.4 is 15.8 Å². The number of carbonyl (C=O) groups excluding carboxylic acids is 1. The highest BCUT2D eigenvalue weighted by Gasteiger charge is 2.05. The fourth-order valence-corrected chi connectivity index (χ4v) is 1.39. The predicted octanol–water partition coefficient (Wildman–Crippen LogP) is 1.58. The van der Waals surface area contributed by atoms with Crippen LogP contribution in [-0.2, 0) is 11.3 Å². The second-order valence-electron chi connectivity index (χ2n) is 3.95. The summed E-state index contributed by atoms with van der Waals surface area (Å²) in [5.41, 5.74) is 5.77. The lowest BCUT2D eigenvalue weighted by atomic mass is 10.2. The first-order valence-corrected chi connectivity index (χ1v) is 6.05. The first kappa shape index (κ1) is 14.4. The molecule has 0 heterocycles. The molecule has 0 bridgehead atoms. The smallest absolute Gasteiger partial charge is 0.257 e. The number of carbonyl (C=O) groups is 1. The molecule has 0 fully saturated rings. The fourth-order valence-electron chi connectivity index (χ4n) is 1.39. The van der Waals surface area contributed by atoms with Crippen LogP contribution in [0.2, 0.25) is 0 Å². The van der Waals surface area contributed by atoms with Crippen LogP contribution in [0.1, 0.15) is 25.3 Å². The summed E-state index contributed by atoms with van der Waals surface area (Å²) in [5, 5.41) is 2.71. The van der Waals surface area contributed by atoms with Gasteiger partial charge in [0, 0.05) is 24.7 Å². The van der Waals surface area contributed by atoms with Gasteiger partial charge in [-0.1, -0.05) is 19.4 Å². The zero-order chi connectivity index (χ0) is 13.4. The zero-order valence-corrected chi connectivity index (χ0v) is 10.5. The Morgan fingerprint density at radius 1 is 1.50 bits per heavy atom. The van der Waals surface area contributed by atoms with E-state index in [1.54, 1.807) is 12.1 Å². The molecule has 18 heavy (non-hydrogen) atoms. The molecule has 0 spiro atoms. The van der Waals surface area contributed by atoms with Crippen molar-refractivity contribution in [3.05, 3.63) is 29.6 Å². The minimum Gasteiger partial charge on any atom is -0.484 e. The van der Waals surface area contributed by atoms with Gasteiger partial charge >= 0.3 is 0 Å². The van der Waals surface area contributed by atoms with E-state index in [9.17, 15) is 9.18 Å². The van der Waals surface area contributed by atoms with Gasteiger partial charge in [-0.2, -0.15) is 0 Å². The Labute approximate surface area is 106 Å². The molecular weight excluding hydrogens is 235 g/mol. The van der Waals surface area contributed by atoms with Gasteiger partial charge in [0.1, 0.15) is 11.6 Å². The summed E-state index contributed by atoms with van der Waals surface area (Å²) in [6.45, 7) is 2.72. The maximum Gasteiger partial charge on any atom is 0.257 e. The number of nitrogens with two attached hydrogens (primary N) is 1. The van der Waals surface area contributed by atoms with Crippen LogP contribution in [0.4, 0.5) is 4.39 Å². The molecule has 5 heteroatoms. The molecule has 0 radical (unpaired) electrons. The van der Waals surface area contributed by atoms with Crippen LogP contribution in [0.15, 0.2) is 18.2 Å². The van der Waals surface area contributed by atoms with Gasteiger partial charge in [-0.3, -0.25) is 4.79 Å². The van der Waals surface area contributed by atoms with Crippen molar-refractivity contribution < 1.29 is 13.9 Å². The van der Waals surface area contributed by atoms with E-state index in [0.29, 0.717) is 17.9 Å². The largest absolute Gasteiger partial charge is 0.484 e. The maximum atomic E-state index is 13.4. The summed E-state index contributed by atoms with van der Waals surface area (Å²) < 4.78 is 18.5. The first-order valence-electron chi connectivity index (χ1n) is 6.05. The number of unbranched alkanes of at least 4 members (excludes halogenated alkanes) is 1. The summed E-state index contributed by atoms with van der Waals surface area (Å²) in [4.78, 5) is 11.3. The molecule has 0 aromatic heterocycles. The molecule has 4 nitrogen and oxygen atoms in total. The molecule has 100 valence electrons. The normalized spacial score (nSPS) is 10.2. The van der Waals surface area contributed by atoms with E-state index in [4.69, 9.17) is 10.5 Å². The molecule has 1 amide bonds. The Bertz CT molecular complexity index is 397. The Balaban J connectivity index is 2.39. The van der Waals surface area contributed by atoms with Crippen molar-refractivity contribution in [3.8, 4) is 5.75 Å². The minimum atomic E-state index is -0.415. The van der Waals surface area contributed by atoms with Gasteiger partial charge in [0.2, 0.25) is 0 Å². The van der Waals surface area contributed by atoms with E-state index in [2.05, 4.69) is 5.32 Å². The molecule has 0 aliphatic carbocycles. The number of hydrogen-bond acceptors (Lipinski definition) is 3. The topological polar surface area (TPSA) is 64.3 Å². The quantitative estimate of drug-likeness (QED) is 0.726. The summed E-state index contributed by atoms with van der Waals surface area (Å²) in [6, 6.07) is 4.39. The average Bonchev–Trinajstić information content (AvgIpc) is 2.37. The number of nitrogens with one attached hydrogen (secondary N) is 1. The van der Waals surface area contributed by atoms with E-state index in [1.165, 1.54) is 6.07 Å². The average molecular weight is 254 g/mol. The number of rotatable bonds is 7. The number of amides is 1. The van der Waals surface area contributed by atoms with Crippen LogP contribution in [0.3, 0.4) is 0 Å². The number of hydrogen-bond donors (Lipinski definition) is 2. The molecule has 0 aliphatic rings. The van der Waals surface area contributed by atoms with E-state index in [0.717, 1.165) is 12.8 Å². The Hall–Kier alpha value is -1.62. The van der Waals surface area contributed by atoms with Crippen LogP contribution in [0, 0.1) is 5.82 Å². The molecule has 0 unspecified atom stereocenters. The minimum absolute atomic E-state index is 0.106. The maximum absolute atomic E-state index is 13.4. The number of halogens is 1. The Morgan fingerprint density at radius 2 is 2.28 bits per heavy atom. The SMILES string of the molecule is CCCCNC(=O)COc1ccc(CN)c(F)c1. The molecule has 0 saturated carbocycles. The zero-order valence-electron chi connectivity index (χ0n) is 10.5. The molecule has 0 atom stereocenters. The van der Waals surface area contributed by atoms with Crippen molar-refractivity contribution in [2.45, 2.75) is 26.3 Å². The lowest BCUT2D eigenvalue weighted by Crippen LogP contribution is -2.29. The third-order valence-corrected chi connectivity index (χ3v) is 2.47. The van der Waals surface area contributed by atoms with Crippen molar-refractivity contribution in [1.82, 2.24) is 5.32 Å². The van der Waals surface area contributed by atoms with Crippen LogP contribution >= 0.6 is 0 Å². The standard InChI is InChI=1S/C13H19FN2O2/c1-2-3-6-16-13(17)9-18-11-5-4-10(8-15)12(14)7-11/h4-5,7H,2-3,6,8-9,15H2,1H3,(H,16,17). The summed E-state index contributed by atoms with van der Waals surface area (Å²) >= 11 is 0. The molecule has 1 aromatic rings. The second-order valence-corrected chi connectivity index (χ2v) is 3.95. The highest BCUT2D eigenvalue weighted by atomic mass is 19.1. The lowest BCUT2D eigenvalue weighted by Gasteiger charge is -2.08. The Kier molecular flexibility index (Phi) is 6.14. The molecular formula is C13H19FN2O2. The van der Waals surface area contributed by atoms with Gasteiger partial charge in [-0.05, 0) is 12.5 Å². The van der Waals surface area contributed by atoms with Gasteiger partial charge in [-0.25, -0.2) is 4.39 Å². The summed E-state index contributed by atoms with van der Waals surface area (Å²) in [6.07, 6.45) is 1.96. The van der Waals surface area contributed by atoms with Crippen molar-refractivity contribution in [2.24, 2.45) is 5.73 Å². The van der Waals surface area contributed by atoms with Gasteiger partial charge in [-0.15, -0.1) is 0 Å². The monoisotopic (exact) mass is 254 g/mol. The fraction of sp³-hybridized carbons (Fsp3) is 0.462. The van der Waals surface area contributed by atoms with Crippen LogP contribution in [0.25, 0.3) is 0 Å². The highest BCUT2D eigenvalue weighted by molar-refractivity contribution is 5.77. The third-order valence-electron chi connectivity index (χ3n) is 2.47. The summed E-state index contributed by atoms with van der Waals surface area (Å²) in [7, 11) is 0. The number of ether oxygens (including phenoxy) is 1. The van der Waals surface area contributed by atoms with E-state index >= 15 is 0 Å². The van der Waals surface area contributed by atoms with E-state index in [1.807, 2.05) is 6.92 Å². The van der Waals surface area contributed by atoms with Crippen molar-refractivity contribution in [2.75, 3.05) is 13.2 Å². The van der Waals surface area contributed by atoms with Crippen molar-refractivity contribution in [3.63, 3.8) is 0 Å². The van der Waals surface area contributed by atoms with E-state index in [-0.39, 0.29) is 19.1 Å². The molecule has 0 saturated heterocycles. The van der Waals surface area contributed by atoms with Gasteiger partial charge in [0.25, 0.3) is 5.91 Å². The van der Waals surface area contributed by atoms with Gasteiger partial charge in [0.05, 0.1) is 0 Å². The predicted molar refractivity (Wildman–Crippen MR) is 67.7 cm³/mol. The lowest BCUT2D eigenvalue weighted by molar-refractivity contribution is -0.123. The van der Waals surface area contributed by atoms with Crippen molar-refractivity contribution in [1.29, 1.82) is 0 Å². The molecule has 0 aliphatic heterocycles. The Morgan fingerprint density at radius 3 is 2.89 bits per heavy atom. The second kappa shape index (κ2) is 7.66. The van der Waals surface area contributed by atoms with Crippen LogP contribution in [-0.4, -0.2) is 19.1 Å². The summed E-state index contributed by atoms with van der Waals surface area (Å²) in [5.74, 6) is -0.288. The van der Waals surface area contributed by atoms with E-state index < -0.39 is 5.82 Å². The third kappa shape index (κ3) is 4.71. The van der Waals surface area contributed by atoms with Gasteiger partial charge < -0.3 is 15.8 Å². The molecule has 3 N–H and O–H groups in total. The molecule has 1 rings (SSSR count). The van der Waals surface area contributed by atoms with Crippen molar-refractivity contribution >= 4 is 5.91 Å².